The summed E-state index contributed by atoms with van der Waals surface area (Å²) in [5.41, 5.74) is 0.472. The summed E-state index contributed by atoms with van der Waals surface area (Å²) >= 11 is 12.0. The van der Waals surface area contributed by atoms with E-state index in [-0.39, 0.29) is 5.15 Å². The Balaban J connectivity index is 2.88. The van der Waals surface area contributed by atoms with Gasteiger partial charge in [-0.15, -0.1) is 0 Å². The van der Waals surface area contributed by atoms with E-state index < -0.39 is 11.2 Å². The monoisotopic (exact) mass is 298 g/mol. The van der Waals surface area contributed by atoms with Crippen molar-refractivity contribution in [3.63, 3.8) is 0 Å². The van der Waals surface area contributed by atoms with E-state index in [1.54, 1.807) is 19.1 Å². The zero-order valence-electron chi connectivity index (χ0n) is 10.5. The van der Waals surface area contributed by atoms with E-state index in [2.05, 4.69) is 4.98 Å². The maximum atomic E-state index is 12.3. The van der Waals surface area contributed by atoms with Crippen LogP contribution in [0.25, 0.3) is 5.69 Å². The number of nitrogens with one attached hydrogen (secondary N) is 1. The molecule has 1 aromatic carbocycles. The minimum atomic E-state index is -0.597. The molecule has 0 radical (unpaired) electrons. The molecule has 0 saturated carbocycles. The number of aromatic amines is 1. The first-order valence-corrected chi connectivity index (χ1v) is 6.52. The highest BCUT2D eigenvalue weighted by Gasteiger charge is 2.15. The topological polar surface area (TPSA) is 54.9 Å². The highest BCUT2D eigenvalue weighted by molar-refractivity contribution is 6.33. The van der Waals surface area contributed by atoms with Crippen LogP contribution in [0.3, 0.4) is 0 Å². The van der Waals surface area contributed by atoms with Crippen molar-refractivity contribution in [2.45, 2.75) is 20.3 Å². The van der Waals surface area contributed by atoms with Gasteiger partial charge < -0.3 is 0 Å². The fraction of sp³-hybridized carbons (Fsp3) is 0.231. The number of aryl methyl sites for hydroxylation is 1. The normalized spacial score (nSPS) is 10.7. The van der Waals surface area contributed by atoms with Gasteiger partial charge in [-0.3, -0.25) is 9.78 Å². The standard InChI is InChI=1S/C13H12Cl2N2O2/c1-3-8-11(15)16-13(19)17(12(8)18)9-6-4-5-7(2)10(9)14/h4-6H,3H2,1-2H3,(H,16,19). The fourth-order valence-corrected chi connectivity index (χ4v) is 2.38. The average molecular weight is 299 g/mol. The molecule has 19 heavy (non-hydrogen) atoms. The van der Waals surface area contributed by atoms with Gasteiger partial charge in [0.15, 0.2) is 0 Å². The lowest BCUT2D eigenvalue weighted by molar-refractivity contribution is 0.841. The molecule has 0 saturated heterocycles. The van der Waals surface area contributed by atoms with Crippen LogP contribution in [0.5, 0.6) is 0 Å². The predicted octanol–water partition coefficient (Wildman–Crippen LogP) is 2.70. The molecule has 0 bridgehead atoms. The number of halogens is 2. The number of hydrogen-bond acceptors (Lipinski definition) is 2. The lowest BCUT2D eigenvalue weighted by Crippen LogP contribution is -2.36. The number of benzene rings is 1. The van der Waals surface area contributed by atoms with Crippen LogP contribution in [0, 0.1) is 6.92 Å². The van der Waals surface area contributed by atoms with Crippen molar-refractivity contribution in [2.24, 2.45) is 0 Å². The summed E-state index contributed by atoms with van der Waals surface area (Å²) in [6.07, 6.45) is 0.428. The molecule has 0 aliphatic rings. The summed E-state index contributed by atoms with van der Waals surface area (Å²) in [7, 11) is 0. The number of hydrogen-bond donors (Lipinski definition) is 1. The molecule has 2 rings (SSSR count). The summed E-state index contributed by atoms with van der Waals surface area (Å²) in [6, 6.07) is 5.17. The van der Waals surface area contributed by atoms with E-state index in [1.165, 1.54) is 0 Å². The average Bonchev–Trinajstić information content (AvgIpc) is 2.34. The molecular formula is C13H12Cl2N2O2. The van der Waals surface area contributed by atoms with Crippen LogP contribution >= 0.6 is 23.2 Å². The third-order valence-corrected chi connectivity index (χ3v) is 3.73. The molecule has 4 nitrogen and oxygen atoms in total. The molecule has 0 aliphatic heterocycles. The summed E-state index contributed by atoms with van der Waals surface area (Å²) in [5, 5.41) is 0.456. The Hall–Kier alpha value is -1.52. The summed E-state index contributed by atoms with van der Waals surface area (Å²) in [5.74, 6) is 0. The van der Waals surface area contributed by atoms with E-state index in [4.69, 9.17) is 23.2 Å². The molecule has 2 aromatic rings. The highest BCUT2D eigenvalue weighted by Crippen LogP contribution is 2.22. The maximum absolute atomic E-state index is 12.3. The van der Waals surface area contributed by atoms with Crippen molar-refractivity contribution in [1.29, 1.82) is 0 Å². The van der Waals surface area contributed by atoms with Gasteiger partial charge in [-0.1, -0.05) is 42.3 Å². The van der Waals surface area contributed by atoms with Gasteiger partial charge in [0.2, 0.25) is 0 Å². The first kappa shape index (κ1) is 13.9. The molecule has 0 unspecified atom stereocenters. The summed E-state index contributed by atoms with van der Waals surface area (Å²) in [4.78, 5) is 26.7. The van der Waals surface area contributed by atoms with Crippen LogP contribution in [0.4, 0.5) is 0 Å². The van der Waals surface area contributed by atoms with Gasteiger partial charge in [-0.2, -0.15) is 0 Å². The molecule has 1 N–H and O–H groups in total. The van der Waals surface area contributed by atoms with E-state index in [0.29, 0.717) is 22.7 Å². The van der Waals surface area contributed by atoms with Crippen LogP contribution in [0.1, 0.15) is 18.1 Å². The second kappa shape index (κ2) is 5.23. The molecule has 0 amide bonds. The Kier molecular flexibility index (Phi) is 3.83. The fourth-order valence-electron chi connectivity index (χ4n) is 1.88. The maximum Gasteiger partial charge on any atom is 0.334 e. The minimum Gasteiger partial charge on any atom is -0.297 e. The molecule has 1 aromatic heterocycles. The van der Waals surface area contributed by atoms with Crippen molar-refractivity contribution < 1.29 is 0 Å². The first-order valence-electron chi connectivity index (χ1n) is 5.76. The van der Waals surface area contributed by atoms with Crippen molar-refractivity contribution >= 4 is 23.2 Å². The summed E-state index contributed by atoms with van der Waals surface area (Å²) in [6.45, 7) is 3.60. The molecule has 1 heterocycles. The Labute approximate surface area is 119 Å². The van der Waals surface area contributed by atoms with Gasteiger partial charge >= 0.3 is 5.69 Å². The largest absolute Gasteiger partial charge is 0.334 e. The number of aromatic nitrogens is 2. The van der Waals surface area contributed by atoms with Crippen molar-refractivity contribution in [3.05, 3.63) is 60.3 Å². The van der Waals surface area contributed by atoms with Gasteiger partial charge in [0.05, 0.1) is 16.3 Å². The number of rotatable bonds is 2. The lowest BCUT2D eigenvalue weighted by Gasteiger charge is -2.10. The molecule has 0 atom stereocenters. The number of nitrogens with zero attached hydrogens (tertiary/aromatic N) is 1. The van der Waals surface area contributed by atoms with Crippen molar-refractivity contribution in [1.82, 2.24) is 9.55 Å². The third-order valence-electron chi connectivity index (χ3n) is 2.91. The van der Waals surface area contributed by atoms with E-state index in [9.17, 15) is 9.59 Å². The zero-order valence-corrected chi connectivity index (χ0v) is 12.0. The first-order chi connectivity index (χ1) is 8.97. The zero-order chi connectivity index (χ0) is 14.2. The van der Waals surface area contributed by atoms with Gasteiger partial charge in [0.25, 0.3) is 5.56 Å². The summed E-state index contributed by atoms with van der Waals surface area (Å²) < 4.78 is 1.01. The Morgan fingerprint density at radius 2 is 1.95 bits per heavy atom. The molecular weight excluding hydrogens is 287 g/mol. The van der Waals surface area contributed by atoms with E-state index in [1.807, 2.05) is 13.0 Å². The minimum absolute atomic E-state index is 0.0810. The molecule has 100 valence electrons. The number of H-pyrrole nitrogens is 1. The Morgan fingerprint density at radius 3 is 2.58 bits per heavy atom. The second-order valence-electron chi connectivity index (χ2n) is 4.12. The van der Waals surface area contributed by atoms with Gasteiger partial charge in [0.1, 0.15) is 5.15 Å². The SMILES string of the molecule is CCc1c(Cl)[nH]c(=O)n(-c2cccc(C)c2Cl)c1=O. The highest BCUT2D eigenvalue weighted by atomic mass is 35.5. The Morgan fingerprint density at radius 1 is 1.26 bits per heavy atom. The molecule has 6 heteroatoms. The molecule has 0 aliphatic carbocycles. The van der Waals surface area contributed by atoms with Crippen LogP contribution in [0.2, 0.25) is 10.2 Å². The van der Waals surface area contributed by atoms with Crippen LogP contribution in [-0.2, 0) is 6.42 Å². The van der Waals surface area contributed by atoms with Crippen molar-refractivity contribution in [2.75, 3.05) is 0 Å². The van der Waals surface area contributed by atoms with E-state index in [0.717, 1.165) is 10.1 Å². The van der Waals surface area contributed by atoms with Gasteiger partial charge in [0, 0.05) is 0 Å². The van der Waals surface area contributed by atoms with Crippen molar-refractivity contribution in [3.8, 4) is 5.69 Å². The smallest absolute Gasteiger partial charge is 0.297 e. The third kappa shape index (κ3) is 2.33. The Bertz CT molecular complexity index is 747. The van der Waals surface area contributed by atoms with Crippen LogP contribution in [0.15, 0.2) is 27.8 Å². The molecule has 0 spiro atoms. The second-order valence-corrected chi connectivity index (χ2v) is 4.88. The molecule has 0 fully saturated rings. The van der Waals surface area contributed by atoms with Gasteiger partial charge in [-0.25, -0.2) is 9.36 Å². The van der Waals surface area contributed by atoms with E-state index >= 15 is 0 Å². The quantitative estimate of drug-likeness (QED) is 0.867. The lowest BCUT2D eigenvalue weighted by atomic mass is 10.2. The van der Waals surface area contributed by atoms with Crippen LogP contribution < -0.4 is 11.2 Å². The van der Waals surface area contributed by atoms with Crippen LogP contribution in [-0.4, -0.2) is 9.55 Å². The predicted molar refractivity (Wildman–Crippen MR) is 76.8 cm³/mol. The van der Waals surface area contributed by atoms with Gasteiger partial charge in [-0.05, 0) is 25.0 Å².